The number of aliphatic imine (C=N–C) groups is 1. The molecule has 96 valence electrons. The standard InChI is InChI=1S/C13H16FN3O/c1-2-6-13(16-9-10-17-15)18-12-8-5-3-4-7-11(12)14/h2-7,9-10,17H,8,15H2,1H3/b6-2+,10-9+,16-13+. The smallest absolute Gasteiger partial charge is 0.218 e. The van der Waals surface area contributed by atoms with Crippen LogP contribution in [0.2, 0.25) is 0 Å². The molecule has 18 heavy (non-hydrogen) atoms. The Hall–Kier alpha value is -2.14. The van der Waals surface area contributed by atoms with E-state index in [-0.39, 0.29) is 11.7 Å². The fourth-order valence-electron chi connectivity index (χ4n) is 1.20. The van der Waals surface area contributed by atoms with Crippen LogP contribution in [0.3, 0.4) is 0 Å². The number of hydrogen-bond acceptors (Lipinski definition) is 4. The summed E-state index contributed by atoms with van der Waals surface area (Å²) in [6.45, 7) is 1.82. The Labute approximate surface area is 106 Å². The second-order valence-electron chi connectivity index (χ2n) is 3.31. The third kappa shape index (κ3) is 4.80. The molecule has 0 aromatic carbocycles. The molecule has 0 aromatic heterocycles. The molecule has 0 saturated heterocycles. The fraction of sp³-hybridized carbons (Fsp3) is 0.154. The van der Waals surface area contributed by atoms with Gasteiger partial charge in [0.15, 0.2) is 5.83 Å². The number of allylic oxidation sites excluding steroid dienone is 6. The van der Waals surface area contributed by atoms with Crippen molar-refractivity contribution >= 4 is 5.90 Å². The Morgan fingerprint density at radius 3 is 3.11 bits per heavy atom. The summed E-state index contributed by atoms with van der Waals surface area (Å²) in [7, 11) is 0. The number of hydrazine groups is 1. The minimum atomic E-state index is -0.405. The molecule has 5 heteroatoms. The van der Waals surface area contributed by atoms with Crippen LogP contribution >= 0.6 is 0 Å². The van der Waals surface area contributed by atoms with Gasteiger partial charge in [-0.3, -0.25) is 5.84 Å². The monoisotopic (exact) mass is 249 g/mol. The number of halogens is 1. The lowest BCUT2D eigenvalue weighted by molar-refractivity contribution is 0.384. The lowest BCUT2D eigenvalue weighted by Gasteiger charge is -2.07. The maximum absolute atomic E-state index is 13.6. The molecular weight excluding hydrogens is 233 g/mol. The van der Waals surface area contributed by atoms with Crippen LogP contribution < -0.4 is 11.3 Å². The Balaban J connectivity index is 2.83. The average molecular weight is 249 g/mol. The topological polar surface area (TPSA) is 59.6 Å². The molecule has 0 bridgehead atoms. The third-order valence-electron chi connectivity index (χ3n) is 1.97. The van der Waals surface area contributed by atoms with Gasteiger partial charge in [-0.15, -0.1) is 0 Å². The molecular formula is C13H16FN3O. The second kappa shape index (κ2) is 8.03. The zero-order valence-corrected chi connectivity index (χ0v) is 10.1. The largest absolute Gasteiger partial charge is 0.440 e. The van der Waals surface area contributed by atoms with Crippen LogP contribution in [-0.2, 0) is 4.74 Å². The lowest BCUT2D eigenvalue weighted by Crippen LogP contribution is -2.12. The van der Waals surface area contributed by atoms with E-state index >= 15 is 0 Å². The predicted octanol–water partition coefficient (Wildman–Crippen LogP) is 2.61. The van der Waals surface area contributed by atoms with Crippen LogP contribution in [-0.4, -0.2) is 5.90 Å². The average Bonchev–Trinajstić information content (AvgIpc) is 2.55. The molecule has 0 spiro atoms. The zero-order valence-electron chi connectivity index (χ0n) is 10.1. The third-order valence-corrected chi connectivity index (χ3v) is 1.97. The Kier molecular flexibility index (Phi) is 6.21. The summed E-state index contributed by atoms with van der Waals surface area (Å²) >= 11 is 0. The van der Waals surface area contributed by atoms with Gasteiger partial charge < -0.3 is 10.2 Å². The van der Waals surface area contributed by atoms with E-state index in [1.165, 1.54) is 18.5 Å². The van der Waals surface area contributed by atoms with Crippen molar-refractivity contribution in [2.45, 2.75) is 13.3 Å². The zero-order chi connectivity index (χ0) is 13.2. The highest BCUT2D eigenvalue weighted by Gasteiger charge is 2.08. The molecule has 0 saturated carbocycles. The molecule has 0 unspecified atom stereocenters. The molecule has 0 heterocycles. The van der Waals surface area contributed by atoms with Crippen LogP contribution in [0.25, 0.3) is 0 Å². The maximum Gasteiger partial charge on any atom is 0.218 e. The molecule has 0 aromatic rings. The summed E-state index contributed by atoms with van der Waals surface area (Å²) in [5, 5.41) is 0. The Morgan fingerprint density at radius 1 is 1.56 bits per heavy atom. The normalized spacial score (nSPS) is 16.7. The first-order valence-electron chi connectivity index (χ1n) is 5.49. The van der Waals surface area contributed by atoms with E-state index in [1.807, 2.05) is 13.0 Å². The van der Waals surface area contributed by atoms with Crippen molar-refractivity contribution in [1.82, 2.24) is 5.43 Å². The molecule has 0 radical (unpaired) electrons. The SMILES string of the molecule is C/C=C/C(=N\C=C\NN)OC1=C(F)C=CC=CC1. The molecule has 4 nitrogen and oxygen atoms in total. The molecule has 0 aliphatic heterocycles. The molecule has 0 atom stereocenters. The van der Waals surface area contributed by atoms with E-state index in [0.29, 0.717) is 6.42 Å². The van der Waals surface area contributed by atoms with Gasteiger partial charge in [-0.2, -0.15) is 0 Å². The van der Waals surface area contributed by atoms with E-state index in [1.54, 1.807) is 24.3 Å². The van der Waals surface area contributed by atoms with Crippen molar-refractivity contribution in [2.75, 3.05) is 0 Å². The van der Waals surface area contributed by atoms with Crippen LogP contribution in [0, 0.1) is 0 Å². The highest BCUT2D eigenvalue weighted by molar-refractivity contribution is 5.88. The van der Waals surface area contributed by atoms with Gasteiger partial charge in [0.25, 0.3) is 0 Å². The highest BCUT2D eigenvalue weighted by atomic mass is 19.1. The number of nitrogens with zero attached hydrogens (tertiary/aromatic N) is 1. The van der Waals surface area contributed by atoms with Crippen molar-refractivity contribution in [3.05, 3.63) is 60.4 Å². The summed E-state index contributed by atoms with van der Waals surface area (Å²) in [5.74, 6) is 5.18. The second-order valence-corrected chi connectivity index (χ2v) is 3.31. The van der Waals surface area contributed by atoms with Crippen molar-refractivity contribution in [3.63, 3.8) is 0 Å². The summed E-state index contributed by atoms with van der Waals surface area (Å²) in [4.78, 5) is 4.00. The number of nitrogens with one attached hydrogen (secondary N) is 1. The molecule has 0 fully saturated rings. The van der Waals surface area contributed by atoms with Gasteiger partial charge in [-0.1, -0.05) is 24.3 Å². The summed E-state index contributed by atoms with van der Waals surface area (Å²) in [5.41, 5.74) is 2.31. The first-order chi connectivity index (χ1) is 8.77. The lowest BCUT2D eigenvalue weighted by atomic mass is 10.3. The van der Waals surface area contributed by atoms with E-state index in [4.69, 9.17) is 10.6 Å². The van der Waals surface area contributed by atoms with Crippen LogP contribution in [0.4, 0.5) is 4.39 Å². The minimum absolute atomic E-state index is 0.228. The number of rotatable bonds is 4. The van der Waals surface area contributed by atoms with E-state index in [0.717, 1.165) is 0 Å². The van der Waals surface area contributed by atoms with Gasteiger partial charge in [0, 0.05) is 18.8 Å². The van der Waals surface area contributed by atoms with Crippen molar-refractivity contribution in [1.29, 1.82) is 0 Å². The van der Waals surface area contributed by atoms with Gasteiger partial charge in [0.2, 0.25) is 5.90 Å². The number of nitrogens with two attached hydrogens (primary N) is 1. The quantitative estimate of drug-likeness (QED) is 0.348. The van der Waals surface area contributed by atoms with Gasteiger partial charge in [0.1, 0.15) is 5.76 Å². The van der Waals surface area contributed by atoms with E-state index < -0.39 is 5.83 Å². The molecule has 3 N–H and O–H groups in total. The minimum Gasteiger partial charge on any atom is -0.440 e. The van der Waals surface area contributed by atoms with Gasteiger partial charge in [-0.25, -0.2) is 9.38 Å². The Bertz CT molecular complexity index is 445. The van der Waals surface area contributed by atoms with Crippen molar-refractivity contribution in [3.8, 4) is 0 Å². The summed E-state index contributed by atoms with van der Waals surface area (Å²) in [6.07, 6.45) is 13.2. The van der Waals surface area contributed by atoms with Crippen LogP contribution in [0.5, 0.6) is 0 Å². The van der Waals surface area contributed by atoms with Crippen molar-refractivity contribution < 1.29 is 9.13 Å². The van der Waals surface area contributed by atoms with Crippen molar-refractivity contribution in [2.24, 2.45) is 10.8 Å². The van der Waals surface area contributed by atoms with E-state index in [9.17, 15) is 4.39 Å². The summed E-state index contributed by atoms with van der Waals surface area (Å²) < 4.78 is 19.0. The van der Waals surface area contributed by atoms with Gasteiger partial charge in [-0.05, 0) is 19.1 Å². The Morgan fingerprint density at radius 2 is 2.39 bits per heavy atom. The molecule has 0 amide bonds. The fourth-order valence-corrected chi connectivity index (χ4v) is 1.20. The summed E-state index contributed by atoms with van der Waals surface area (Å²) in [6, 6.07) is 0. The van der Waals surface area contributed by atoms with Crippen LogP contribution in [0.1, 0.15) is 13.3 Å². The molecule has 1 aliphatic carbocycles. The first-order valence-corrected chi connectivity index (χ1v) is 5.49. The maximum atomic E-state index is 13.6. The number of ether oxygens (including phenoxy) is 1. The molecule has 1 rings (SSSR count). The highest BCUT2D eigenvalue weighted by Crippen LogP contribution is 2.17. The van der Waals surface area contributed by atoms with Crippen LogP contribution in [0.15, 0.2) is 65.4 Å². The number of hydrogen-bond donors (Lipinski definition) is 2. The predicted molar refractivity (Wildman–Crippen MR) is 70.8 cm³/mol. The van der Waals surface area contributed by atoms with Gasteiger partial charge >= 0.3 is 0 Å². The first kappa shape index (κ1) is 13.9. The molecule has 1 aliphatic rings. The van der Waals surface area contributed by atoms with Gasteiger partial charge in [0.05, 0.1) is 0 Å². The van der Waals surface area contributed by atoms with E-state index in [2.05, 4.69) is 10.4 Å².